The van der Waals surface area contributed by atoms with E-state index in [4.69, 9.17) is 9.97 Å². The van der Waals surface area contributed by atoms with Crippen LogP contribution in [0, 0.1) is 0 Å². The Bertz CT molecular complexity index is 3520. The summed E-state index contributed by atoms with van der Waals surface area (Å²) in [4.78, 5) is 10.2. The zero-order chi connectivity index (χ0) is 41.0. The molecule has 12 rings (SSSR count). The van der Waals surface area contributed by atoms with E-state index >= 15 is 0 Å². The molecule has 12 aromatic rings. The summed E-state index contributed by atoms with van der Waals surface area (Å²) < 4.78 is 4.80. The molecule has 0 spiro atoms. The maximum Gasteiger partial charge on any atom is 0.160 e. The smallest absolute Gasteiger partial charge is 0.160 e. The molecule has 290 valence electrons. The summed E-state index contributed by atoms with van der Waals surface area (Å²) in [6.45, 7) is 0. The largest absolute Gasteiger partial charge is 0.309 e. The Morgan fingerprint density at radius 1 is 0.242 bits per heavy atom. The van der Waals surface area contributed by atoms with Crippen molar-refractivity contribution >= 4 is 43.6 Å². The number of benzene rings is 9. The summed E-state index contributed by atoms with van der Waals surface area (Å²) >= 11 is 0. The van der Waals surface area contributed by atoms with Crippen LogP contribution in [0.3, 0.4) is 0 Å². The summed E-state index contributed by atoms with van der Waals surface area (Å²) in [5.74, 6) is 0.700. The standard InChI is InChI=1S/C58H38N4/c1-3-16-39(17-4-1)52-38-53(40-18-5-2-6-19-40)60-58(59-52)45-23-14-22-43(35-45)41-20-13-21-42(34-41)44-32-33-57-51(36-44)50-28-9-12-31-56(50)62(57)47-25-15-24-46(37-47)61-54-29-10-7-26-48(54)49-27-8-11-30-55(49)61/h1-38H. The van der Waals surface area contributed by atoms with Crippen molar-refractivity contribution in [1.82, 2.24) is 19.1 Å². The van der Waals surface area contributed by atoms with Gasteiger partial charge in [0.2, 0.25) is 0 Å². The first-order valence-corrected chi connectivity index (χ1v) is 21.1. The van der Waals surface area contributed by atoms with Gasteiger partial charge in [-0.15, -0.1) is 0 Å². The van der Waals surface area contributed by atoms with Gasteiger partial charge in [-0.3, -0.25) is 0 Å². The average molecular weight is 791 g/mol. The van der Waals surface area contributed by atoms with Gasteiger partial charge in [0.1, 0.15) is 0 Å². The molecule has 0 amide bonds. The van der Waals surface area contributed by atoms with Crippen molar-refractivity contribution in [2.75, 3.05) is 0 Å². The fourth-order valence-corrected chi connectivity index (χ4v) is 9.21. The molecule has 0 aliphatic rings. The molecular weight excluding hydrogens is 753 g/mol. The van der Waals surface area contributed by atoms with E-state index in [-0.39, 0.29) is 0 Å². The molecule has 3 aromatic heterocycles. The molecule has 0 bridgehead atoms. The molecule has 0 unspecified atom stereocenters. The number of hydrogen-bond donors (Lipinski definition) is 0. The van der Waals surface area contributed by atoms with Gasteiger partial charge in [-0.2, -0.15) is 0 Å². The third-order valence-corrected chi connectivity index (χ3v) is 12.1. The van der Waals surface area contributed by atoms with Crippen LogP contribution in [0.25, 0.3) is 111 Å². The minimum absolute atomic E-state index is 0.700. The van der Waals surface area contributed by atoms with E-state index in [1.54, 1.807) is 0 Å². The summed E-state index contributed by atoms with van der Waals surface area (Å²) in [5.41, 5.74) is 16.5. The molecular formula is C58H38N4. The molecule has 4 nitrogen and oxygen atoms in total. The first-order valence-electron chi connectivity index (χ1n) is 21.1. The average Bonchev–Trinajstić information content (AvgIpc) is 3.87. The molecule has 9 aromatic carbocycles. The van der Waals surface area contributed by atoms with Gasteiger partial charge < -0.3 is 9.13 Å². The Kier molecular flexibility index (Phi) is 8.46. The van der Waals surface area contributed by atoms with E-state index in [0.717, 1.165) is 56.1 Å². The third-order valence-electron chi connectivity index (χ3n) is 12.1. The highest BCUT2D eigenvalue weighted by molar-refractivity contribution is 6.11. The van der Waals surface area contributed by atoms with Gasteiger partial charge in [-0.25, -0.2) is 9.97 Å². The van der Waals surface area contributed by atoms with Crippen molar-refractivity contribution in [2.45, 2.75) is 0 Å². The fourth-order valence-electron chi connectivity index (χ4n) is 9.21. The van der Waals surface area contributed by atoms with Gasteiger partial charge in [0.05, 0.1) is 33.5 Å². The predicted molar refractivity (Wildman–Crippen MR) is 258 cm³/mol. The molecule has 0 fully saturated rings. The van der Waals surface area contributed by atoms with Gasteiger partial charge in [0.25, 0.3) is 0 Å². The van der Waals surface area contributed by atoms with Crippen LogP contribution in [0.15, 0.2) is 231 Å². The third kappa shape index (κ3) is 6.08. The van der Waals surface area contributed by atoms with Gasteiger partial charge in [0, 0.05) is 49.6 Å². The van der Waals surface area contributed by atoms with E-state index < -0.39 is 0 Å². The van der Waals surface area contributed by atoms with Crippen LogP contribution in [-0.4, -0.2) is 19.1 Å². The molecule has 0 aliphatic carbocycles. The lowest BCUT2D eigenvalue weighted by atomic mass is 9.97. The zero-order valence-corrected chi connectivity index (χ0v) is 33.7. The highest BCUT2D eigenvalue weighted by Gasteiger charge is 2.17. The van der Waals surface area contributed by atoms with Crippen molar-refractivity contribution in [3.8, 4) is 67.5 Å². The fraction of sp³-hybridized carbons (Fsp3) is 0. The van der Waals surface area contributed by atoms with Crippen molar-refractivity contribution < 1.29 is 0 Å². The molecule has 3 heterocycles. The zero-order valence-electron chi connectivity index (χ0n) is 33.7. The highest BCUT2D eigenvalue weighted by Crippen LogP contribution is 2.38. The van der Waals surface area contributed by atoms with Crippen LogP contribution < -0.4 is 0 Å². The Morgan fingerprint density at radius 3 is 1.16 bits per heavy atom. The number of para-hydroxylation sites is 3. The number of fused-ring (bicyclic) bond motifs is 6. The van der Waals surface area contributed by atoms with Crippen molar-refractivity contribution in [3.05, 3.63) is 231 Å². The lowest BCUT2D eigenvalue weighted by Gasteiger charge is -2.13. The number of nitrogens with zero attached hydrogens (tertiary/aromatic N) is 4. The van der Waals surface area contributed by atoms with E-state index in [1.807, 2.05) is 12.1 Å². The van der Waals surface area contributed by atoms with Crippen molar-refractivity contribution in [2.24, 2.45) is 0 Å². The van der Waals surface area contributed by atoms with Crippen LogP contribution in [0.5, 0.6) is 0 Å². The van der Waals surface area contributed by atoms with E-state index in [9.17, 15) is 0 Å². The van der Waals surface area contributed by atoms with Gasteiger partial charge in [-0.1, -0.05) is 164 Å². The van der Waals surface area contributed by atoms with E-state index in [1.165, 1.54) is 49.2 Å². The van der Waals surface area contributed by atoms with Crippen molar-refractivity contribution in [1.29, 1.82) is 0 Å². The second-order valence-corrected chi connectivity index (χ2v) is 15.8. The van der Waals surface area contributed by atoms with E-state index in [2.05, 4.69) is 228 Å². The second kappa shape index (κ2) is 14.7. The lowest BCUT2D eigenvalue weighted by Crippen LogP contribution is -1.98. The number of rotatable bonds is 7. The summed E-state index contributed by atoms with van der Waals surface area (Å²) in [5, 5.41) is 4.96. The maximum absolute atomic E-state index is 5.10. The summed E-state index contributed by atoms with van der Waals surface area (Å²) in [7, 11) is 0. The molecule has 0 radical (unpaired) electrons. The van der Waals surface area contributed by atoms with E-state index in [0.29, 0.717) is 5.82 Å². The molecule has 0 N–H and O–H groups in total. The van der Waals surface area contributed by atoms with Crippen LogP contribution >= 0.6 is 0 Å². The summed E-state index contributed by atoms with van der Waals surface area (Å²) in [6.07, 6.45) is 0. The molecule has 62 heavy (non-hydrogen) atoms. The second-order valence-electron chi connectivity index (χ2n) is 15.8. The topological polar surface area (TPSA) is 35.6 Å². The quantitative estimate of drug-likeness (QED) is 0.161. The first kappa shape index (κ1) is 35.6. The molecule has 0 aliphatic heterocycles. The first-order chi connectivity index (χ1) is 30.7. The Labute approximate surface area is 359 Å². The molecule has 0 saturated heterocycles. The Morgan fingerprint density at radius 2 is 0.629 bits per heavy atom. The van der Waals surface area contributed by atoms with Gasteiger partial charge in [-0.05, 0) is 89.0 Å². The van der Waals surface area contributed by atoms with Crippen molar-refractivity contribution in [3.63, 3.8) is 0 Å². The number of hydrogen-bond acceptors (Lipinski definition) is 2. The molecule has 0 atom stereocenters. The van der Waals surface area contributed by atoms with Gasteiger partial charge in [0.15, 0.2) is 5.82 Å². The Balaban J connectivity index is 0.931. The normalized spacial score (nSPS) is 11.5. The lowest BCUT2D eigenvalue weighted by molar-refractivity contribution is 1.13. The number of aromatic nitrogens is 4. The SMILES string of the molecule is c1ccc(-c2cc(-c3ccccc3)nc(-c3cccc(-c4cccc(-c5ccc6c(c5)c5ccccc5n6-c5cccc(-n6c7ccccc7c7ccccc76)c5)c4)c3)n2)cc1. The Hall–Kier alpha value is -8.34. The van der Waals surface area contributed by atoms with Crippen LogP contribution in [-0.2, 0) is 0 Å². The molecule has 0 saturated carbocycles. The minimum atomic E-state index is 0.700. The van der Waals surface area contributed by atoms with Gasteiger partial charge >= 0.3 is 0 Å². The minimum Gasteiger partial charge on any atom is -0.309 e. The predicted octanol–water partition coefficient (Wildman–Crippen LogP) is 15.0. The van der Waals surface area contributed by atoms with Crippen LogP contribution in [0.2, 0.25) is 0 Å². The van der Waals surface area contributed by atoms with Crippen LogP contribution in [0.4, 0.5) is 0 Å². The van der Waals surface area contributed by atoms with Crippen LogP contribution in [0.1, 0.15) is 0 Å². The molecule has 4 heteroatoms. The monoisotopic (exact) mass is 790 g/mol. The highest BCUT2D eigenvalue weighted by atomic mass is 15.0. The maximum atomic E-state index is 5.10. The summed E-state index contributed by atoms with van der Waals surface area (Å²) in [6, 6.07) is 82.2.